The molecule has 1 aliphatic heterocycles. The Balaban J connectivity index is 2.09. The van der Waals surface area contributed by atoms with Gasteiger partial charge in [-0.2, -0.15) is 0 Å². The first-order chi connectivity index (χ1) is 8.61. The highest BCUT2D eigenvalue weighted by Gasteiger charge is 2.56. The van der Waals surface area contributed by atoms with Crippen molar-refractivity contribution in [2.45, 2.75) is 24.2 Å². The number of ether oxygens (including phenoxy) is 1. The highest BCUT2D eigenvalue weighted by molar-refractivity contribution is 8.15. The van der Waals surface area contributed by atoms with E-state index < -0.39 is 5.60 Å². The second kappa shape index (κ2) is 4.00. The zero-order chi connectivity index (χ0) is 12.9. The molecule has 2 aliphatic rings. The molecule has 0 saturated carbocycles. The quantitative estimate of drug-likeness (QED) is 0.844. The molecule has 0 amide bonds. The maximum atomic E-state index is 11.1. The highest BCUT2D eigenvalue weighted by Crippen LogP contribution is 2.55. The highest BCUT2D eigenvalue weighted by atomic mass is 32.2. The molecule has 0 radical (unpaired) electrons. The predicted molar refractivity (Wildman–Crippen MR) is 74.5 cm³/mol. The van der Waals surface area contributed by atoms with E-state index in [1.807, 2.05) is 18.2 Å². The number of aliphatic hydroxyl groups is 1. The fourth-order valence-corrected chi connectivity index (χ4v) is 4.67. The van der Waals surface area contributed by atoms with Gasteiger partial charge in [-0.25, -0.2) is 0 Å². The lowest BCUT2D eigenvalue weighted by molar-refractivity contribution is 0.0213. The first-order valence-electron chi connectivity index (χ1n) is 6.14. The van der Waals surface area contributed by atoms with Crippen molar-refractivity contribution in [1.82, 2.24) is 0 Å². The van der Waals surface area contributed by atoms with Gasteiger partial charge in [-0.15, -0.1) is 11.8 Å². The van der Waals surface area contributed by atoms with E-state index >= 15 is 0 Å². The van der Waals surface area contributed by atoms with Gasteiger partial charge in [-0.1, -0.05) is 13.0 Å². The van der Waals surface area contributed by atoms with Crippen molar-refractivity contribution < 1.29 is 9.84 Å². The Kier molecular flexibility index (Phi) is 2.68. The van der Waals surface area contributed by atoms with Crippen molar-refractivity contribution in [1.29, 1.82) is 0 Å². The Hall–Kier alpha value is -1.00. The van der Waals surface area contributed by atoms with E-state index in [0.29, 0.717) is 0 Å². The Morgan fingerprint density at radius 1 is 1.50 bits per heavy atom. The number of nitrogens with zero attached hydrogens (tertiary/aromatic N) is 1. The summed E-state index contributed by atoms with van der Waals surface area (Å²) in [6.45, 7) is 2.06. The summed E-state index contributed by atoms with van der Waals surface area (Å²) in [5, 5.41) is 12.3. The average molecular weight is 263 g/mol. The van der Waals surface area contributed by atoms with Crippen molar-refractivity contribution >= 4 is 16.8 Å². The standard InChI is InChI=1S/C14H17NO2S/c1-8-13(15-2)18-12-7-9-6-10(17-3)4-5-11(9)14(8,12)16/h4-6,8,12,16H,7H2,1-3H3. The van der Waals surface area contributed by atoms with Gasteiger partial charge >= 0.3 is 0 Å². The van der Waals surface area contributed by atoms with Gasteiger partial charge in [0.2, 0.25) is 0 Å². The lowest BCUT2D eigenvalue weighted by Gasteiger charge is -2.27. The molecule has 1 N–H and O–H groups in total. The van der Waals surface area contributed by atoms with Gasteiger partial charge < -0.3 is 9.84 Å². The molecule has 0 bridgehead atoms. The van der Waals surface area contributed by atoms with Gasteiger partial charge in [-0.05, 0) is 29.7 Å². The minimum Gasteiger partial charge on any atom is -0.497 e. The molecular weight excluding hydrogens is 246 g/mol. The van der Waals surface area contributed by atoms with Crippen LogP contribution in [0, 0.1) is 5.92 Å². The van der Waals surface area contributed by atoms with Crippen LogP contribution in [0.25, 0.3) is 0 Å². The number of benzene rings is 1. The number of rotatable bonds is 1. The molecular formula is C14H17NO2S. The maximum Gasteiger partial charge on any atom is 0.119 e. The summed E-state index contributed by atoms with van der Waals surface area (Å²) in [5.41, 5.74) is 1.49. The Bertz CT molecular complexity index is 529. The van der Waals surface area contributed by atoms with Crippen molar-refractivity contribution in [3.05, 3.63) is 29.3 Å². The van der Waals surface area contributed by atoms with E-state index in [1.165, 1.54) is 5.56 Å². The second-order valence-electron chi connectivity index (χ2n) is 4.94. The third-order valence-electron chi connectivity index (χ3n) is 4.15. The predicted octanol–water partition coefficient (Wildman–Crippen LogP) is 2.22. The molecule has 4 heteroatoms. The largest absolute Gasteiger partial charge is 0.497 e. The summed E-state index contributed by atoms with van der Waals surface area (Å²) >= 11 is 1.72. The van der Waals surface area contributed by atoms with Crippen molar-refractivity contribution in [2.24, 2.45) is 10.9 Å². The van der Waals surface area contributed by atoms with Crippen LogP contribution in [0.15, 0.2) is 23.2 Å². The molecule has 3 atom stereocenters. The molecule has 1 fully saturated rings. The van der Waals surface area contributed by atoms with E-state index in [1.54, 1.807) is 25.9 Å². The number of thioether (sulfide) groups is 1. The van der Waals surface area contributed by atoms with Crippen LogP contribution in [-0.4, -0.2) is 29.6 Å². The molecule has 1 aliphatic carbocycles. The zero-order valence-corrected chi connectivity index (χ0v) is 11.6. The monoisotopic (exact) mass is 263 g/mol. The van der Waals surface area contributed by atoms with Crippen LogP contribution in [0.5, 0.6) is 5.75 Å². The SMILES string of the molecule is CN=C1SC2Cc3cc(OC)ccc3C2(O)C1C. The molecule has 18 heavy (non-hydrogen) atoms. The number of methoxy groups -OCH3 is 1. The van der Waals surface area contributed by atoms with E-state index in [-0.39, 0.29) is 11.2 Å². The Morgan fingerprint density at radius 3 is 2.94 bits per heavy atom. The number of fused-ring (bicyclic) bond motifs is 3. The topological polar surface area (TPSA) is 41.8 Å². The van der Waals surface area contributed by atoms with E-state index in [2.05, 4.69) is 11.9 Å². The number of aliphatic imine (C=N–C) groups is 1. The van der Waals surface area contributed by atoms with E-state index in [0.717, 1.165) is 22.8 Å². The molecule has 1 aromatic rings. The Labute approximate surface area is 111 Å². The summed E-state index contributed by atoms with van der Waals surface area (Å²) in [7, 11) is 3.48. The number of hydrogen-bond donors (Lipinski definition) is 1. The fourth-order valence-electron chi connectivity index (χ4n) is 3.11. The van der Waals surface area contributed by atoms with Crippen LogP contribution in [0.1, 0.15) is 18.1 Å². The van der Waals surface area contributed by atoms with Gasteiger partial charge in [0.05, 0.1) is 12.2 Å². The summed E-state index contributed by atoms with van der Waals surface area (Å²) in [6.07, 6.45) is 0.886. The fraction of sp³-hybridized carbons (Fsp3) is 0.500. The third kappa shape index (κ3) is 1.39. The molecule has 0 spiro atoms. The molecule has 3 unspecified atom stereocenters. The maximum absolute atomic E-state index is 11.1. The van der Waals surface area contributed by atoms with Gasteiger partial charge in [-0.3, -0.25) is 4.99 Å². The third-order valence-corrected chi connectivity index (χ3v) is 5.74. The summed E-state index contributed by atoms with van der Waals surface area (Å²) in [5.74, 6) is 0.937. The first kappa shape index (κ1) is 12.1. The lowest BCUT2D eigenvalue weighted by atomic mass is 9.84. The average Bonchev–Trinajstić information content (AvgIpc) is 2.80. The van der Waals surface area contributed by atoms with Crippen molar-refractivity contribution in [3.63, 3.8) is 0 Å². The lowest BCUT2D eigenvalue weighted by Crippen LogP contribution is -2.36. The van der Waals surface area contributed by atoms with Crippen molar-refractivity contribution in [2.75, 3.05) is 14.2 Å². The van der Waals surface area contributed by atoms with Gasteiger partial charge in [0.15, 0.2) is 0 Å². The molecule has 1 heterocycles. The minimum absolute atomic E-state index is 0.0761. The van der Waals surface area contributed by atoms with E-state index in [9.17, 15) is 5.11 Å². The smallest absolute Gasteiger partial charge is 0.119 e. The van der Waals surface area contributed by atoms with Gasteiger partial charge in [0.1, 0.15) is 11.4 Å². The molecule has 96 valence electrons. The normalized spacial score (nSPS) is 35.7. The Morgan fingerprint density at radius 2 is 2.28 bits per heavy atom. The summed E-state index contributed by atoms with van der Waals surface area (Å²) < 4.78 is 5.25. The number of hydrogen-bond acceptors (Lipinski definition) is 4. The minimum atomic E-state index is -0.763. The second-order valence-corrected chi connectivity index (χ2v) is 6.17. The van der Waals surface area contributed by atoms with Crippen LogP contribution in [0.3, 0.4) is 0 Å². The van der Waals surface area contributed by atoms with Crippen molar-refractivity contribution in [3.8, 4) is 5.75 Å². The van der Waals surface area contributed by atoms with E-state index in [4.69, 9.17) is 4.74 Å². The summed E-state index contributed by atoms with van der Waals surface area (Å²) in [6, 6.07) is 5.98. The van der Waals surface area contributed by atoms with Crippen LogP contribution in [0.4, 0.5) is 0 Å². The van der Waals surface area contributed by atoms with Gasteiger partial charge in [0, 0.05) is 18.2 Å². The van der Waals surface area contributed by atoms with Gasteiger partial charge in [0.25, 0.3) is 0 Å². The molecule has 3 nitrogen and oxygen atoms in total. The molecule has 1 saturated heterocycles. The zero-order valence-electron chi connectivity index (χ0n) is 10.8. The molecule has 1 aromatic carbocycles. The van der Waals surface area contributed by atoms with Crippen LogP contribution >= 0.6 is 11.8 Å². The van der Waals surface area contributed by atoms with Crippen LogP contribution in [0.2, 0.25) is 0 Å². The summed E-state index contributed by atoms with van der Waals surface area (Å²) in [4.78, 5) is 4.30. The van der Waals surface area contributed by atoms with Crippen LogP contribution < -0.4 is 4.74 Å². The van der Waals surface area contributed by atoms with Crippen LogP contribution in [-0.2, 0) is 12.0 Å². The first-order valence-corrected chi connectivity index (χ1v) is 7.02. The molecule has 3 rings (SSSR count). The molecule has 0 aromatic heterocycles.